The second-order valence-electron chi connectivity index (χ2n) is 4.04. The van der Waals surface area contributed by atoms with Gasteiger partial charge in [0.05, 0.1) is 14.2 Å². The van der Waals surface area contributed by atoms with E-state index in [0.29, 0.717) is 28.7 Å². The number of hydrogen-bond donors (Lipinski definition) is 0. The molecule has 0 fully saturated rings. The van der Waals surface area contributed by atoms with E-state index in [0.717, 1.165) is 0 Å². The van der Waals surface area contributed by atoms with Crippen LogP contribution in [0.3, 0.4) is 0 Å². The Morgan fingerprint density at radius 1 is 1.05 bits per heavy atom. The summed E-state index contributed by atoms with van der Waals surface area (Å²) < 4.78 is 16.2. The lowest BCUT2D eigenvalue weighted by molar-refractivity contribution is 0.101. The number of pyridine rings is 1. The minimum Gasteiger partial charge on any atom is -0.493 e. The van der Waals surface area contributed by atoms with Crippen LogP contribution in [0.5, 0.6) is 23.1 Å². The number of rotatable bonds is 5. The van der Waals surface area contributed by atoms with Crippen LogP contribution in [0.1, 0.15) is 17.3 Å². The van der Waals surface area contributed by atoms with Gasteiger partial charge in [-0.15, -0.1) is 0 Å². The lowest BCUT2D eigenvalue weighted by Gasteiger charge is -2.13. The van der Waals surface area contributed by atoms with E-state index >= 15 is 0 Å². The highest BCUT2D eigenvalue weighted by atomic mass is 16.5. The lowest BCUT2D eigenvalue weighted by Crippen LogP contribution is -1.97. The SMILES string of the molecule is COc1cccc(OC)c1Oc1ccc(C(C)=O)cn1. The highest BCUT2D eigenvalue weighted by Gasteiger charge is 2.13. The Balaban J connectivity index is 2.31. The zero-order chi connectivity index (χ0) is 14.5. The molecular weight excluding hydrogens is 258 g/mol. The first-order valence-electron chi connectivity index (χ1n) is 6.01. The van der Waals surface area contributed by atoms with Crippen molar-refractivity contribution in [3.05, 3.63) is 42.1 Å². The molecule has 0 amide bonds. The summed E-state index contributed by atoms with van der Waals surface area (Å²) >= 11 is 0. The number of benzene rings is 1. The van der Waals surface area contributed by atoms with Crippen molar-refractivity contribution in [2.24, 2.45) is 0 Å². The summed E-state index contributed by atoms with van der Waals surface area (Å²) in [5.41, 5.74) is 0.532. The van der Waals surface area contributed by atoms with E-state index in [1.54, 1.807) is 44.6 Å². The maximum atomic E-state index is 11.2. The number of ketones is 1. The number of methoxy groups -OCH3 is 2. The van der Waals surface area contributed by atoms with E-state index in [2.05, 4.69) is 4.98 Å². The van der Waals surface area contributed by atoms with Crippen LogP contribution in [0, 0.1) is 0 Å². The smallest absolute Gasteiger partial charge is 0.219 e. The third-order valence-corrected chi connectivity index (χ3v) is 2.73. The minimum atomic E-state index is -0.0427. The first-order valence-corrected chi connectivity index (χ1v) is 6.01. The standard InChI is InChI=1S/C15H15NO4/c1-10(17)11-7-8-14(16-9-11)20-15-12(18-2)5-4-6-13(15)19-3/h4-9H,1-3H3. The van der Waals surface area contributed by atoms with Crippen LogP contribution in [0.25, 0.3) is 0 Å². The van der Waals surface area contributed by atoms with Crippen LogP contribution < -0.4 is 14.2 Å². The summed E-state index contributed by atoms with van der Waals surface area (Å²) in [6.07, 6.45) is 1.47. The molecular formula is C15H15NO4. The molecule has 0 atom stereocenters. The van der Waals surface area contributed by atoms with Gasteiger partial charge in [0.1, 0.15) is 0 Å². The molecule has 1 aromatic heterocycles. The number of carbonyl (C=O) groups excluding carboxylic acids is 1. The fourth-order valence-corrected chi connectivity index (χ4v) is 1.67. The number of aromatic nitrogens is 1. The Labute approximate surface area is 117 Å². The number of Topliss-reactive ketones (excluding diaryl/α,β-unsaturated/α-hetero) is 1. The average Bonchev–Trinajstić information content (AvgIpc) is 2.48. The highest BCUT2D eigenvalue weighted by Crippen LogP contribution is 2.39. The van der Waals surface area contributed by atoms with Crippen LogP contribution in [0.2, 0.25) is 0 Å². The minimum absolute atomic E-state index is 0.0427. The van der Waals surface area contributed by atoms with Crippen molar-refractivity contribution < 1.29 is 19.0 Å². The molecule has 5 heteroatoms. The van der Waals surface area contributed by atoms with Crippen molar-refractivity contribution in [1.82, 2.24) is 4.98 Å². The molecule has 0 aliphatic carbocycles. The third-order valence-electron chi connectivity index (χ3n) is 2.73. The molecule has 0 aliphatic rings. The molecule has 1 aromatic carbocycles. The Bertz CT molecular complexity index is 586. The van der Waals surface area contributed by atoms with Gasteiger partial charge in [0, 0.05) is 17.8 Å². The van der Waals surface area contributed by atoms with Gasteiger partial charge < -0.3 is 14.2 Å². The van der Waals surface area contributed by atoms with E-state index in [1.807, 2.05) is 0 Å². The van der Waals surface area contributed by atoms with E-state index in [4.69, 9.17) is 14.2 Å². The number of ether oxygens (including phenoxy) is 3. The van der Waals surface area contributed by atoms with Crippen molar-refractivity contribution in [1.29, 1.82) is 0 Å². The van der Waals surface area contributed by atoms with Gasteiger partial charge in [0.25, 0.3) is 0 Å². The van der Waals surface area contributed by atoms with Crippen LogP contribution in [-0.2, 0) is 0 Å². The molecule has 5 nitrogen and oxygen atoms in total. The number of hydrogen-bond acceptors (Lipinski definition) is 5. The zero-order valence-corrected chi connectivity index (χ0v) is 11.5. The van der Waals surface area contributed by atoms with Gasteiger partial charge in [-0.25, -0.2) is 4.98 Å². The molecule has 20 heavy (non-hydrogen) atoms. The average molecular weight is 273 g/mol. The monoisotopic (exact) mass is 273 g/mol. The van der Waals surface area contributed by atoms with E-state index in [-0.39, 0.29) is 5.78 Å². The molecule has 1 heterocycles. The van der Waals surface area contributed by atoms with Crippen LogP contribution >= 0.6 is 0 Å². The Morgan fingerprint density at radius 3 is 2.15 bits per heavy atom. The highest BCUT2D eigenvalue weighted by molar-refractivity contribution is 5.93. The predicted molar refractivity (Wildman–Crippen MR) is 73.9 cm³/mol. The summed E-state index contributed by atoms with van der Waals surface area (Å²) in [4.78, 5) is 15.3. The maximum Gasteiger partial charge on any atom is 0.219 e. The summed E-state index contributed by atoms with van der Waals surface area (Å²) in [5.74, 6) is 1.85. The predicted octanol–water partition coefficient (Wildman–Crippen LogP) is 3.09. The summed E-state index contributed by atoms with van der Waals surface area (Å²) in [6.45, 7) is 1.49. The molecule has 2 rings (SSSR count). The molecule has 0 spiro atoms. The molecule has 0 radical (unpaired) electrons. The molecule has 0 aliphatic heterocycles. The molecule has 2 aromatic rings. The topological polar surface area (TPSA) is 57.7 Å². The molecule has 104 valence electrons. The third kappa shape index (κ3) is 2.88. The fraction of sp³-hybridized carbons (Fsp3) is 0.200. The zero-order valence-electron chi connectivity index (χ0n) is 11.5. The molecule has 0 unspecified atom stereocenters. The number of para-hydroxylation sites is 1. The van der Waals surface area contributed by atoms with Gasteiger partial charge in [0.2, 0.25) is 11.6 Å². The molecule has 0 saturated carbocycles. The van der Waals surface area contributed by atoms with Crippen molar-refractivity contribution in [2.75, 3.05) is 14.2 Å². The molecule has 0 bridgehead atoms. The quantitative estimate of drug-likeness (QED) is 0.783. The van der Waals surface area contributed by atoms with Crippen LogP contribution in [-0.4, -0.2) is 25.0 Å². The first kappa shape index (κ1) is 13.9. The van der Waals surface area contributed by atoms with Gasteiger partial charge in [-0.1, -0.05) is 6.07 Å². The number of nitrogens with zero attached hydrogens (tertiary/aromatic N) is 1. The van der Waals surface area contributed by atoms with Crippen molar-refractivity contribution in [3.63, 3.8) is 0 Å². The van der Waals surface area contributed by atoms with Gasteiger partial charge in [-0.05, 0) is 25.1 Å². The van der Waals surface area contributed by atoms with Gasteiger partial charge in [0.15, 0.2) is 17.3 Å². The van der Waals surface area contributed by atoms with Gasteiger partial charge in [-0.2, -0.15) is 0 Å². The Morgan fingerprint density at radius 2 is 1.70 bits per heavy atom. The van der Waals surface area contributed by atoms with E-state index < -0.39 is 0 Å². The first-order chi connectivity index (χ1) is 9.65. The lowest BCUT2D eigenvalue weighted by atomic mass is 10.2. The van der Waals surface area contributed by atoms with E-state index in [9.17, 15) is 4.79 Å². The fourth-order valence-electron chi connectivity index (χ4n) is 1.67. The summed E-state index contributed by atoms with van der Waals surface area (Å²) in [6, 6.07) is 8.62. The second kappa shape index (κ2) is 6.06. The normalized spacial score (nSPS) is 9.95. The van der Waals surface area contributed by atoms with Gasteiger partial charge >= 0.3 is 0 Å². The van der Waals surface area contributed by atoms with Crippen molar-refractivity contribution >= 4 is 5.78 Å². The van der Waals surface area contributed by atoms with Crippen molar-refractivity contribution in [3.8, 4) is 23.1 Å². The maximum absolute atomic E-state index is 11.2. The van der Waals surface area contributed by atoms with Crippen LogP contribution in [0.4, 0.5) is 0 Å². The van der Waals surface area contributed by atoms with E-state index in [1.165, 1.54) is 13.1 Å². The molecule has 0 saturated heterocycles. The largest absolute Gasteiger partial charge is 0.493 e. The van der Waals surface area contributed by atoms with Crippen LogP contribution in [0.15, 0.2) is 36.5 Å². The molecule has 0 N–H and O–H groups in total. The summed E-state index contributed by atoms with van der Waals surface area (Å²) in [7, 11) is 3.10. The number of carbonyl (C=O) groups is 1. The van der Waals surface area contributed by atoms with Gasteiger partial charge in [-0.3, -0.25) is 4.79 Å². The Kier molecular flexibility index (Phi) is 4.20. The Hall–Kier alpha value is -2.56. The summed E-state index contributed by atoms with van der Waals surface area (Å²) in [5, 5.41) is 0. The van der Waals surface area contributed by atoms with Crippen molar-refractivity contribution in [2.45, 2.75) is 6.92 Å². The second-order valence-corrected chi connectivity index (χ2v) is 4.04.